The van der Waals surface area contributed by atoms with Crippen molar-refractivity contribution in [3.05, 3.63) is 29.3 Å². The molecule has 0 aromatic heterocycles. The zero-order chi connectivity index (χ0) is 9.60. The highest BCUT2D eigenvalue weighted by Gasteiger charge is 2.43. The molecule has 0 amide bonds. The summed E-state index contributed by atoms with van der Waals surface area (Å²) in [7, 11) is 1.73. The lowest BCUT2D eigenvalue weighted by Crippen LogP contribution is -2.52. The van der Waals surface area contributed by atoms with Gasteiger partial charge in [0, 0.05) is 5.54 Å². The Morgan fingerprint density at radius 1 is 1.36 bits per heavy atom. The number of aryl methyl sites for hydroxylation is 1. The van der Waals surface area contributed by atoms with Crippen LogP contribution in [0.3, 0.4) is 0 Å². The van der Waals surface area contributed by atoms with Crippen LogP contribution in [0.15, 0.2) is 18.2 Å². The van der Waals surface area contributed by atoms with Crippen LogP contribution in [0.5, 0.6) is 5.75 Å². The van der Waals surface area contributed by atoms with E-state index in [4.69, 9.17) is 4.74 Å². The normalized spacial score (nSPS) is 28.6. The monoisotopic (exact) mass is 189 g/mol. The van der Waals surface area contributed by atoms with Gasteiger partial charge in [-0.1, -0.05) is 6.07 Å². The molecule has 1 N–H and O–H groups in total. The first-order valence-electron chi connectivity index (χ1n) is 5.26. The molecule has 1 heterocycles. The van der Waals surface area contributed by atoms with E-state index in [0.29, 0.717) is 5.54 Å². The molecule has 3 rings (SSSR count). The minimum Gasteiger partial charge on any atom is -0.497 e. The van der Waals surface area contributed by atoms with Crippen LogP contribution < -0.4 is 10.1 Å². The van der Waals surface area contributed by atoms with Crippen molar-refractivity contribution in [3.63, 3.8) is 0 Å². The molecule has 2 aliphatic rings. The highest BCUT2D eigenvalue weighted by atomic mass is 16.5. The van der Waals surface area contributed by atoms with Crippen LogP contribution in [-0.4, -0.2) is 13.7 Å². The predicted molar refractivity (Wildman–Crippen MR) is 55.6 cm³/mol. The molecule has 74 valence electrons. The number of benzene rings is 1. The topological polar surface area (TPSA) is 21.3 Å². The number of ether oxygens (including phenoxy) is 1. The second kappa shape index (κ2) is 2.74. The number of methoxy groups -OCH3 is 1. The van der Waals surface area contributed by atoms with Crippen LogP contribution in [0.4, 0.5) is 0 Å². The minimum absolute atomic E-state index is 0.309. The molecule has 1 aromatic carbocycles. The van der Waals surface area contributed by atoms with Crippen LogP contribution in [0.1, 0.15) is 24.0 Å². The average Bonchev–Trinajstić information content (AvgIpc) is 2.55. The van der Waals surface area contributed by atoms with Gasteiger partial charge in [0.25, 0.3) is 0 Å². The summed E-state index contributed by atoms with van der Waals surface area (Å²) >= 11 is 0. The van der Waals surface area contributed by atoms with Crippen LogP contribution in [0.2, 0.25) is 0 Å². The zero-order valence-corrected chi connectivity index (χ0v) is 8.47. The van der Waals surface area contributed by atoms with E-state index in [0.717, 1.165) is 12.3 Å². The summed E-state index contributed by atoms with van der Waals surface area (Å²) in [6.45, 7) is 1.16. The van der Waals surface area contributed by atoms with E-state index >= 15 is 0 Å². The second-order valence-electron chi connectivity index (χ2n) is 4.28. The molecular formula is C12H15NO. The molecule has 1 atom stereocenters. The fourth-order valence-corrected chi connectivity index (χ4v) is 2.70. The Kier molecular flexibility index (Phi) is 1.62. The standard InChI is InChI=1S/C12H15NO/c1-14-10-3-2-9-4-5-12(6-7-13-12)11(9)8-10/h2-3,8,13H,4-7H2,1H3. The van der Waals surface area contributed by atoms with Crippen molar-refractivity contribution < 1.29 is 4.74 Å². The van der Waals surface area contributed by atoms with Gasteiger partial charge < -0.3 is 10.1 Å². The fourth-order valence-electron chi connectivity index (χ4n) is 2.70. The maximum Gasteiger partial charge on any atom is 0.119 e. The Morgan fingerprint density at radius 2 is 2.21 bits per heavy atom. The lowest BCUT2D eigenvalue weighted by atomic mass is 9.82. The first kappa shape index (κ1) is 8.30. The predicted octanol–water partition coefficient (Wildman–Crippen LogP) is 1.83. The van der Waals surface area contributed by atoms with Gasteiger partial charge in [-0.15, -0.1) is 0 Å². The van der Waals surface area contributed by atoms with Crippen molar-refractivity contribution in [1.82, 2.24) is 5.32 Å². The summed E-state index contributed by atoms with van der Waals surface area (Å²) in [4.78, 5) is 0. The van der Waals surface area contributed by atoms with Gasteiger partial charge in [-0.25, -0.2) is 0 Å². The van der Waals surface area contributed by atoms with Crippen molar-refractivity contribution in [2.45, 2.75) is 24.8 Å². The van der Waals surface area contributed by atoms with E-state index in [1.807, 2.05) is 0 Å². The first-order valence-corrected chi connectivity index (χ1v) is 5.26. The van der Waals surface area contributed by atoms with Gasteiger partial charge in [-0.3, -0.25) is 0 Å². The lowest BCUT2D eigenvalue weighted by Gasteiger charge is -2.41. The van der Waals surface area contributed by atoms with E-state index in [1.165, 1.54) is 30.4 Å². The summed E-state index contributed by atoms with van der Waals surface area (Å²) < 4.78 is 5.27. The van der Waals surface area contributed by atoms with Crippen molar-refractivity contribution in [2.24, 2.45) is 0 Å². The molecular weight excluding hydrogens is 174 g/mol. The third-order valence-electron chi connectivity index (χ3n) is 3.67. The zero-order valence-electron chi connectivity index (χ0n) is 8.47. The minimum atomic E-state index is 0.309. The van der Waals surface area contributed by atoms with Gasteiger partial charge in [0.15, 0.2) is 0 Å². The molecule has 1 aromatic rings. The Bertz CT molecular complexity index is 369. The third kappa shape index (κ3) is 0.947. The molecule has 2 nitrogen and oxygen atoms in total. The average molecular weight is 189 g/mol. The van der Waals surface area contributed by atoms with Crippen molar-refractivity contribution in [3.8, 4) is 5.75 Å². The van der Waals surface area contributed by atoms with E-state index in [2.05, 4.69) is 23.5 Å². The van der Waals surface area contributed by atoms with E-state index in [1.54, 1.807) is 7.11 Å². The van der Waals surface area contributed by atoms with Gasteiger partial charge in [0.2, 0.25) is 0 Å². The number of hydrogen-bond donors (Lipinski definition) is 1. The summed E-state index contributed by atoms with van der Waals surface area (Å²) in [6, 6.07) is 6.48. The van der Waals surface area contributed by atoms with Crippen molar-refractivity contribution in [2.75, 3.05) is 13.7 Å². The third-order valence-corrected chi connectivity index (χ3v) is 3.67. The second-order valence-corrected chi connectivity index (χ2v) is 4.28. The molecule has 1 spiro atoms. The number of rotatable bonds is 1. The number of hydrogen-bond acceptors (Lipinski definition) is 2. The van der Waals surface area contributed by atoms with Crippen LogP contribution >= 0.6 is 0 Å². The molecule has 1 aliphatic carbocycles. The smallest absolute Gasteiger partial charge is 0.119 e. The molecule has 1 unspecified atom stereocenters. The fraction of sp³-hybridized carbons (Fsp3) is 0.500. The van der Waals surface area contributed by atoms with Crippen LogP contribution in [0, 0.1) is 0 Å². The maximum absolute atomic E-state index is 5.27. The number of nitrogens with one attached hydrogen (secondary N) is 1. The molecule has 14 heavy (non-hydrogen) atoms. The summed E-state index contributed by atoms with van der Waals surface area (Å²) in [5.74, 6) is 0.985. The SMILES string of the molecule is COc1ccc2c(c1)C1(CCN1)CC2. The van der Waals surface area contributed by atoms with Crippen molar-refractivity contribution in [1.29, 1.82) is 0 Å². The molecule has 1 fully saturated rings. The summed E-state index contributed by atoms with van der Waals surface area (Å²) in [5, 5.41) is 3.57. The van der Waals surface area contributed by atoms with Gasteiger partial charge in [-0.05, 0) is 49.1 Å². The van der Waals surface area contributed by atoms with Crippen molar-refractivity contribution >= 4 is 0 Å². The maximum atomic E-state index is 5.27. The Balaban J connectivity index is 2.08. The highest BCUT2D eigenvalue weighted by molar-refractivity contribution is 5.45. The molecule has 0 radical (unpaired) electrons. The first-order chi connectivity index (χ1) is 6.84. The highest BCUT2D eigenvalue weighted by Crippen LogP contribution is 2.44. The van der Waals surface area contributed by atoms with E-state index in [9.17, 15) is 0 Å². The quantitative estimate of drug-likeness (QED) is 0.727. The number of fused-ring (bicyclic) bond motifs is 2. The lowest BCUT2D eigenvalue weighted by molar-refractivity contribution is 0.209. The molecule has 0 saturated carbocycles. The van der Waals surface area contributed by atoms with Gasteiger partial charge in [-0.2, -0.15) is 0 Å². The van der Waals surface area contributed by atoms with Crippen LogP contribution in [-0.2, 0) is 12.0 Å². The largest absolute Gasteiger partial charge is 0.497 e. The Hall–Kier alpha value is -1.02. The van der Waals surface area contributed by atoms with Gasteiger partial charge in [0.1, 0.15) is 5.75 Å². The molecule has 2 heteroatoms. The summed E-state index contributed by atoms with van der Waals surface area (Å²) in [6.07, 6.45) is 3.76. The molecule has 0 bridgehead atoms. The van der Waals surface area contributed by atoms with Gasteiger partial charge >= 0.3 is 0 Å². The summed E-state index contributed by atoms with van der Waals surface area (Å²) in [5.41, 5.74) is 3.28. The Labute approximate surface area is 84.3 Å². The molecule has 1 aliphatic heterocycles. The van der Waals surface area contributed by atoms with E-state index < -0.39 is 0 Å². The molecule has 1 saturated heterocycles. The Morgan fingerprint density at radius 3 is 2.86 bits per heavy atom. The van der Waals surface area contributed by atoms with Gasteiger partial charge in [0.05, 0.1) is 7.11 Å². The van der Waals surface area contributed by atoms with Crippen LogP contribution in [0.25, 0.3) is 0 Å². The van der Waals surface area contributed by atoms with E-state index in [-0.39, 0.29) is 0 Å².